The van der Waals surface area contributed by atoms with E-state index in [9.17, 15) is 8.78 Å². The predicted molar refractivity (Wildman–Crippen MR) is 101 cm³/mol. The Hall–Kier alpha value is 0.700. The van der Waals surface area contributed by atoms with Crippen LogP contribution in [-0.2, 0) is 6.67 Å². The van der Waals surface area contributed by atoms with E-state index in [0.29, 0.717) is 14.5 Å². The standard InChI is InChI=1S/C7H4Br3F.C7H5Br2F/c1-3-2-4(8)7(11)6(10)5(3)9;8-6-2-1-3-7(9)5(6)4-10/h2H,1H3;1-3H,4H2. The molecule has 0 amide bonds. The zero-order chi connectivity index (χ0) is 16.2. The third-order valence-electron chi connectivity index (χ3n) is 2.48. The highest BCUT2D eigenvalue weighted by Gasteiger charge is 2.10. The highest BCUT2D eigenvalue weighted by Crippen LogP contribution is 2.33. The first-order valence-corrected chi connectivity index (χ1v) is 9.54. The van der Waals surface area contributed by atoms with Crippen LogP contribution in [0.4, 0.5) is 8.78 Å². The lowest BCUT2D eigenvalue weighted by Gasteiger charge is -2.03. The van der Waals surface area contributed by atoms with Crippen molar-refractivity contribution >= 4 is 79.6 Å². The van der Waals surface area contributed by atoms with Crippen molar-refractivity contribution in [2.45, 2.75) is 13.6 Å². The average molecular weight is 615 g/mol. The first kappa shape index (κ1) is 19.7. The molecule has 7 heteroatoms. The fourth-order valence-electron chi connectivity index (χ4n) is 1.35. The molecule has 21 heavy (non-hydrogen) atoms. The van der Waals surface area contributed by atoms with Crippen LogP contribution < -0.4 is 0 Å². The first-order valence-electron chi connectivity index (χ1n) is 5.58. The third-order valence-corrected chi connectivity index (χ3v) is 6.84. The summed E-state index contributed by atoms with van der Waals surface area (Å²) in [4.78, 5) is 0. The summed E-state index contributed by atoms with van der Waals surface area (Å²) < 4.78 is 28.6. The van der Waals surface area contributed by atoms with Crippen LogP contribution in [0.5, 0.6) is 0 Å². The van der Waals surface area contributed by atoms with E-state index in [4.69, 9.17) is 0 Å². The Balaban J connectivity index is 0.000000211. The third kappa shape index (κ3) is 5.37. The molecule has 114 valence electrons. The van der Waals surface area contributed by atoms with E-state index in [0.717, 1.165) is 19.0 Å². The monoisotopic (exact) mass is 610 g/mol. The molecule has 0 nitrogen and oxygen atoms in total. The first-order chi connectivity index (χ1) is 9.79. The van der Waals surface area contributed by atoms with Gasteiger partial charge in [-0.2, -0.15) is 0 Å². The number of hydrogen-bond donors (Lipinski definition) is 0. The second-order valence-electron chi connectivity index (χ2n) is 3.95. The zero-order valence-corrected chi connectivity index (χ0v) is 18.6. The van der Waals surface area contributed by atoms with Crippen molar-refractivity contribution in [2.75, 3.05) is 0 Å². The quantitative estimate of drug-likeness (QED) is 0.225. The number of aryl methyl sites for hydroxylation is 1. The van der Waals surface area contributed by atoms with Gasteiger partial charge in [-0.15, -0.1) is 0 Å². The van der Waals surface area contributed by atoms with Crippen LogP contribution in [0.3, 0.4) is 0 Å². The maximum absolute atomic E-state index is 13.0. The van der Waals surface area contributed by atoms with Crippen LogP contribution in [0, 0.1) is 12.7 Å². The largest absolute Gasteiger partial charge is 0.246 e. The number of alkyl halides is 1. The van der Waals surface area contributed by atoms with Gasteiger partial charge in [-0.3, -0.25) is 0 Å². The summed E-state index contributed by atoms with van der Waals surface area (Å²) >= 11 is 16.0. The fraction of sp³-hybridized carbons (Fsp3) is 0.143. The lowest BCUT2D eigenvalue weighted by molar-refractivity contribution is 0.482. The van der Waals surface area contributed by atoms with Crippen molar-refractivity contribution < 1.29 is 8.78 Å². The Bertz CT molecular complexity index is 597. The molecule has 0 aliphatic heterocycles. The molecule has 0 saturated carbocycles. The maximum atomic E-state index is 13.0. The lowest BCUT2D eigenvalue weighted by atomic mass is 10.2. The minimum Gasteiger partial charge on any atom is -0.246 e. The van der Waals surface area contributed by atoms with E-state index in [1.807, 2.05) is 25.1 Å². The van der Waals surface area contributed by atoms with Crippen molar-refractivity contribution in [3.05, 3.63) is 63.6 Å². The molecule has 0 radical (unpaired) electrons. The van der Waals surface area contributed by atoms with Crippen LogP contribution in [0.2, 0.25) is 0 Å². The minimum absolute atomic E-state index is 0.275. The Morgan fingerprint density at radius 1 is 0.905 bits per heavy atom. The highest BCUT2D eigenvalue weighted by atomic mass is 79.9. The fourth-order valence-corrected chi connectivity index (χ4v) is 4.18. The van der Waals surface area contributed by atoms with Crippen molar-refractivity contribution in [3.63, 3.8) is 0 Å². The van der Waals surface area contributed by atoms with Crippen molar-refractivity contribution in [3.8, 4) is 0 Å². The Morgan fingerprint density at radius 3 is 1.86 bits per heavy atom. The van der Waals surface area contributed by atoms with Gasteiger partial charge in [0.05, 0.1) is 8.95 Å². The SMILES string of the molecule is Cc1cc(Br)c(F)c(Br)c1Br.FCc1c(Br)cccc1Br. The van der Waals surface area contributed by atoms with E-state index in [1.165, 1.54) is 0 Å². The van der Waals surface area contributed by atoms with Crippen LogP contribution in [0.25, 0.3) is 0 Å². The van der Waals surface area contributed by atoms with Gasteiger partial charge in [0.1, 0.15) is 6.67 Å². The molecule has 0 aliphatic carbocycles. The van der Waals surface area contributed by atoms with Crippen LogP contribution in [0.1, 0.15) is 11.1 Å². The average Bonchev–Trinajstić information content (AvgIpc) is 2.44. The van der Waals surface area contributed by atoms with Gasteiger partial charge in [0, 0.05) is 19.0 Å². The molecule has 0 bridgehead atoms. The normalized spacial score (nSPS) is 10.1. The molecular weight excluding hydrogens is 606 g/mol. The number of halogens is 7. The minimum atomic E-state index is -0.442. The maximum Gasteiger partial charge on any atom is 0.152 e. The van der Waals surface area contributed by atoms with Crippen molar-refractivity contribution in [2.24, 2.45) is 0 Å². The van der Waals surface area contributed by atoms with Gasteiger partial charge in [-0.25, -0.2) is 8.78 Å². The summed E-state index contributed by atoms with van der Waals surface area (Å²) in [5.41, 5.74) is 1.66. The van der Waals surface area contributed by atoms with Crippen molar-refractivity contribution in [1.29, 1.82) is 0 Å². The van der Waals surface area contributed by atoms with Crippen LogP contribution in [-0.4, -0.2) is 0 Å². The molecule has 2 aromatic rings. The van der Waals surface area contributed by atoms with Gasteiger partial charge in [-0.1, -0.05) is 37.9 Å². The summed E-state index contributed by atoms with van der Waals surface area (Å²) in [7, 11) is 0. The molecule has 2 rings (SSSR count). The van der Waals surface area contributed by atoms with E-state index in [2.05, 4.69) is 79.6 Å². The smallest absolute Gasteiger partial charge is 0.152 e. The van der Waals surface area contributed by atoms with Crippen LogP contribution in [0.15, 0.2) is 46.6 Å². The number of rotatable bonds is 1. The molecule has 2 aromatic carbocycles. The van der Waals surface area contributed by atoms with Gasteiger partial charge in [0.15, 0.2) is 5.82 Å². The van der Waals surface area contributed by atoms with E-state index in [1.54, 1.807) is 6.07 Å². The Kier molecular flexibility index (Phi) is 8.56. The summed E-state index contributed by atoms with van der Waals surface area (Å²) in [5.74, 6) is -0.275. The second kappa shape index (κ2) is 9.11. The topological polar surface area (TPSA) is 0 Å². The van der Waals surface area contributed by atoms with Gasteiger partial charge < -0.3 is 0 Å². The van der Waals surface area contributed by atoms with E-state index < -0.39 is 6.67 Å². The molecule has 0 aromatic heterocycles. The summed E-state index contributed by atoms with van der Waals surface area (Å²) in [5, 5.41) is 0. The van der Waals surface area contributed by atoms with E-state index in [-0.39, 0.29) is 5.82 Å². The molecule has 0 aliphatic rings. The molecule has 0 atom stereocenters. The molecule has 0 saturated heterocycles. The highest BCUT2D eigenvalue weighted by molar-refractivity contribution is 9.13. The second-order valence-corrected chi connectivity index (χ2v) is 8.10. The van der Waals surface area contributed by atoms with Gasteiger partial charge in [0.25, 0.3) is 0 Å². The van der Waals surface area contributed by atoms with Gasteiger partial charge >= 0.3 is 0 Å². The summed E-state index contributed by atoms with van der Waals surface area (Å²) in [6, 6.07) is 7.22. The zero-order valence-electron chi connectivity index (χ0n) is 10.7. The summed E-state index contributed by atoms with van der Waals surface area (Å²) in [6.07, 6.45) is 0. The molecule has 0 N–H and O–H groups in total. The van der Waals surface area contributed by atoms with Gasteiger partial charge in [0.2, 0.25) is 0 Å². The molecule has 0 spiro atoms. The Labute approximate surface area is 164 Å². The molecule has 0 unspecified atom stereocenters. The van der Waals surface area contributed by atoms with E-state index >= 15 is 0 Å². The predicted octanol–water partition coefficient (Wildman–Crippen LogP) is 8.10. The van der Waals surface area contributed by atoms with Gasteiger partial charge in [-0.05, 0) is 78.5 Å². The van der Waals surface area contributed by atoms with Crippen molar-refractivity contribution in [1.82, 2.24) is 0 Å². The lowest BCUT2D eigenvalue weighted by Crippen LogP contribution is -1.85. The molecule has 0 fully saturated rings. The summed E-state index contributed by atoms with van der Waals surface area (Å²) in [6.45, 7) is 1.46. The number of hydrogen-bond acceptors (Lipinski definition) is 0. The molecule has 0 heterocycles. The van der Waals surface area contributed by atoms with Crippen LogP contribution >= 0.6 is 79.6 Å². The number of benzene rings is 2. The molecular formula is C14H9Br5F2. The Morgan fingerprint density at radius 2 is 1.43 bits per heavy atom.